The summed E-state index contributed by atoms with van der Waals surface area (Å²) in [6.45, 7) is 11.9. The lowest BCUT2D eigenvalue weighted by Crippen LogP contribution is -2.18. The van der Waals surface area contributed by atoms with Crippen LogP contribution in [-0.2, 0) is 19.5 Å². The Morgan fingerprint density at radius 1 is 1.35 bits per heavy atom. The van der Waals surface area contributed by atoms with Crippen LogP contribution in [0.1, 0.15) is 51.9 Å². The van der Waals surface area contributed by atoms with Crippen molar-refractivity contribution in [1.82, 2.24) is 15.1 Å². The van der Waals surface area contributed by atoms with Gasteiger partial charge in [0, 0.05) is 13.1 Å². The fraction of sp³-hybridized carbons (Fsp3) is 0.786. The number of nitrogens with one attached hydrogen (secondary N) is 1. The van der Waals surface area contributed by atoms with Gasteiger partial charge in [-0.3, -0.25) is 4.68 Å². The molecule has 0 atom stereocenters. The van der Waals surface area contributed by atoms with Gasteiger partial charge in [-0.2, -0.15) is 5.10 Å². The summed E-state index contributed by atoms with van der Waals surface area (Å²) in [5, 5.41) is 8.06. The van der Waals surface area contributed by atoms with Crippen molar-refractivity contribution in [2.24, 2.45) is 5.92 Å². The zero-order valence-corrected chi connectivity index (χ0v) is 11.8. The molecular weight excluding hydrogens is 210 g/mol. The molecule has 0 unspecified atom stereocenters. The van der Waals surface area contributed by atoms with Gasteiger partial charge in [-0.1, -0.05) is 20.8 Å². The molecule has 0 aliphatic carbocycles. The van der Waals surface area contributed by atoms with Crippen molar-refractivity contribution in [2.45, 2.75) is 60.0 Å². The first-order chi connectivity index (χ1) is 8.17. The van der Waals surface area contributed by atoms with Gasteiger partial charge in [-0.25, -0.2) is 0 Å². The van der Waals surface area contributed by atoms with E-state index in [2.05, 4.69) is 48.9 Å². The maximum Gasteiger partial charge on any atom is 0.0625 e. The first kappa shape index (κ1) is 14.2. The fourth-order valence-corrected chi connectivity index (χ4v) is 1.96. The molecule has 1 aromatic heterocycles. The highest BCUT2D eigenvalue weighted by Crippen LogP contribution is 2.06. The Morgan fingerprint density at radius 3 is 2.71 bits per heavy atom. The quantitative estimate of drug-likeness (QED) is 0.704. The van der Waals surface area contributed by atoms with Crippen LogP contribution in [0.15, 0.2) is 6.07 Å². The van der Waals surface area contributed by atoms with E-state index < -0.39 is 0 Å². The third-order valence-electron chi connectivity index (χ3n) is 3.02. The van der Waals surface area contributed by atoms with Crippen molar-refractivity contribution in [3.05, 3.63) is 17.5 Å². The molecular formula is C14H27N3. The molecule has 1 heterocycles. The fourth-order valence-electron chi connectivity index (χ4n) is 1.96. The van der Waals surface area contributed by atoms with E-state index in [0.717, 1.165) is 32.0 Å². The average Bonchev–Trinajstić information content (AvgIpc) is 2.70. The van der Waals surface area contributed by atoms with Crippen molar-refractivity contribution >= 4 is 0 Å². The smallest absolute Gasteiger partial charge is 0.0625 e. The standard InChI is InChI=1S/C14H27N3/c1-5-13-10-14(17(6-2)16-13)11-15-9-7-8-12(3)4/h10,12,15H,5-9,11H2,1-4H3. The summed E-state index contributed by atoms with van der Waals surface area (Å²) < 4.78 is 2.11. The number of aryl methyl sites for hydroxylation is 2. The van der Waals surface area contributed by atoms with Crippen LogP contribution in [0.5, 0.6) is 0 Å². The van der Waals surface area contributed by atoms with E-state index >= 15 is 0 Å². The third kappa shape index (κ3) is 4.90. The van der Waals surface area contributed by atoms with Crippen molar-refractivity contribution in [3.63, 3.8) is 0 Å². The Labute approximate surface area is 106 Å². The lowest BCUT2D eigenvalue weighted by Gasteiger charge is -2.07. The molecule has 3 nitrogen and oxygen atoms in total. The summed E-state index contributed by atoms with van der Waals surface area (Å²) in [7, 11) is 0. The third-order valence-corrected chi connectivity index (χ3v) is 3.02. The lowest BCUT2D eigenvalue weighted by atomic mass is 10.1. The van der Waals surface area contributed by atoms with E-state index in [1.54, 1.807) is 0 Å². The topological polar surface area (TPSA) is 29.9 Å². The summed E-state index contributed by atoms with van der Waals surface area (Å²) in [5.41, 5.74) is 2.51. The molecule has 0 radical (unpaired) electrons. The Balaban J connectivity index is 2.32. The molecule has 1 N–H and O–H groups in total. The summed E-state index contributed by atoms with van der Waals surface area (Å²) in [6, 6.07) is 2.22. The SMILES string of the molecule is CCc1cc(CNCCCC(C)C)n(CC)n1. The summed E-state index contributed by atoms with van der Waals surface area (Å²) in [4.78, 5) is 0. The van der Waals surface area contributed by atoms with Gasteiger partial charge in [0.15, 0.2) is 0 Å². The van der Waals surface area contributed by atoms with Crippen LogP contribution < -0.4 is 5.32 Å². The molecule has 0 spiro atoms. The van der Waals surface area contributed by atoms with Crippen molar-refractivity contribution in [2.75, 3.05) is 6.54 Å². The van der Waals surface area contributed by atoms with Gasteiger partial charge in [0.05, 0.1) is 11.4 Å². The van der Waals surface area contributed by atoms with Crippen LogP contribution in [0.2, 0.25) is 0 Å². The van der Waals surface area contributed by atoms with Gasteiger partial charge in [-0.05, 0) is 44.7 Å². The molecule has 3 heteroatoms. The minimum Gasteiger partial charge on any atom is -0.311 e. The van der Waals surface area contributed by atoms with E-state index in [1.165, 1.54) is 24.2 Å². The van der Waals surface area contributed by atoms with Crippen LogP contribution >= 0.6 is 0 Å². The molecule has 0 aliphatic rings. The number of aromatic nitrogens is 2. The van der Waals surface area contributed by atoms with E-state index in [1.807, 2.05) is 0 Å². The highest BCUT2D eigenvalue weighted by molar-refractivity contribution is 5.10. The first-order valence-corrected chi connectivity index (χ1v) is 6.93. The molecule has 1 aromatic rings. The molecule has 17 heavy (non-hydrogen) atoms. The molecule has 0 bridgehead atoms. The van der Waals surface area contributed by atoms with E-state index in [-0.39, 0.29) is 0 Å². The summed E-state index contributed by atoms with van der Waals surface area (Å²) in [5.74, 6) is 0.810. The Morgan fingerprint density at radius 2 is 2.12 bits per heavy atom. The normalized spacial score (nSPS) is 11.4. The van der Waals surface area contributed by atoms with Crippen molar-refractivity contribution in [3.8, 4) is 0 Å². The van der Waals surface area contributed by atoms with Crippen LogP contribution in [0.4, 0.5) is 0 Å². The van der Waals surface area contributed by atoms with Gasteiger partial charge in [0.25, 0.3) is 0 Å². The average molecular weight is 237 g/mol. The van der Waals surface area contributed by atoms with Crippen LogP contribution in [-0.4, -0.2) is 16.3 Å². The zero-order chi connectivity index (χ0) is 12.7. The van der Waals surface area contributed by atoms with Crippen molar-refractivity contribution < 1.29 is 0 Å². The second-order valence-corrected chi connectivity index (χ2v) is 5.01. The largest absolute Gasteiger partial charge is 0.311 e. The molecule has 0 amide bonds. The monoisotopic (exact) mass is 237 g/mol. The number of rotatable bonds is 8. The Bertz CT molecular complexity index is 315. The Hall–Kier alpha value is -0.830. The highest BCUT2D eigenvalue weighted by Gasteiger charge is 2.04. The summed E-state index contributed by atoms with van der Waals surface area (Å²) in [6.07, 6.45) is 3.59. The van der Waals surface area contributed by atoms with Gasteiger partial charge < -0.3 is 5.32 Å². The van der Waals surface area contributed by atoms with E-state index in [0.29, 0.717) is 0 Å². The molecule has 0 saturated heterocycles. The molecule has 0 aromatic carbocycles. The summed E-state index contributed by atoms with van der Waals surface area (Å²) >= 11 is 0. The molecule has 0 aliphatic heterocycles. The van der Waals surface area contributed by atoms with Gasteiger partial charge in [0.1, 0.15) is 0 Å². The Kier molecular flexibility index (Phi) is 6.27. The molecule has 98 valence electrons. The minimum atomic E-state index is 0.810. The predicted octanol–water partition coefficient (Wildman–Crippen LogP) is 2.99. The predicted molar refractivity (Wildman–Crippen MR) is 73.1 cm³/mol. The molecule has 1 rings (SSSR count). The van der Waals surface area contributed by atoms with Crippen LogP contribution in [0.25, 0.3) is 0 Å². The van der Waals surface area contributed by atoms with Gasteiger partial charge in [-0.15, -0.1) is 0 Å². The van der Waals surface area contributed by atoms with Gasteiger partial charge >= 0.3 is 0 Å². The maximum atomic E-state index is 4.55. The van der Waals surface area contributed by atoms with E-state index in [4.69, 9.17) is 0 Å². The number of hydrogen-bond acceptors (Lipinski definition) is 2. The highest BCUT2D eigenvalue weighted by atomic mass is 15.3. The number of hydrogen-bond donors (Lipinski definition) is 1. The van der Waals surface area contributed by atoms with Crippen LogP contribution in [0, 0.1) is 5.92 Å². The zero-order valence-electron chi connectivity index (χ0n) is 11.8. The first-order valence-electron chi connectivity index (χ1n) is 6.93. The molecule has 0 fully saturated rings. The van der Waals surface area contributed by atoms with Crippen LogP contribution in [0.3, 0.4) is 0 Å². The van der Waals surface area contributed by atoms with E-state index in [9.17, 15) is 0 Å². The maximum absolute atomic E-state index is 4.55. The number of nitrogens with zero attached hydrogens (tertiary/aromatic N) is 2. The lowest BCUT2D eigenvalue weighted by molar-refractivity contribution is 0.515. The second-order valence-electron chi connectivity index (χ2n) is 5.01. The van der Waals surface area contributed by atoms with Crippen molar-refractivity contribution in [1.29, 1.82) is 0 Å². The second kappa shape index (κ2) is 7.49. The molecule has 0 saturated carbocycles. The minimum absolute atomic E-state index is 0.810. The van der Waals surface area contributed by atoms with Gasteiger partial charge in [0.2, 0.25) is 0 Å².